The maximum Gasteiger partial charge on any atom is 0.358 e. The van der Waals surface area contributed by atoms with Gasteiger partial charge in [-0.05, 0) is 18.2 Å². The number of methoxy groups -OCH3 is 1. The van der Waals surface area contributed by atoms with Crippen LogP contribution in [0.25, 0.3) is 0 Å². The van der Waals surface area contributed by atoms with Crippen LogP contribution in [0.1, 0.15) is 16.1 Å². The van der Waals surface area contributed by atoms with Crippen molar-refractivity contribution in [1.29, 1.82) is 0 Å². The van der Waals surface area contributed by atoms with E-state index in [1.54, 1.807) is 23.0 Å². The third-order valence-corrected chi connectivity index (χ3v) is 4.42. The number of benzene rings is 1. The molecule has 0 spiro atoms. The Morgan fingerprint density at radius 1 is 1.46 bits per heavy atom. The van der Waals surface area contributed by atoms with Crippen molar-refractivity contribution in [3.63, 3.8) is 0 Å². The lowest BCUT2D eigenvalue weighted by Crippen LogP contribution is -2.04. The number of halogens is 2. The number of hydrogen-bond acceptors (Lipinski definition) is 7. The van der Waals surface area contributed by atoms with Gasteiger partial charge in [-0.2, -0.15) is 14.9 Å². The molecule has 0 saturated carbocycles. The Bertz CT molecular complexity index is 937. The van der Waals surface area contributed by atoms with Crippen LogP contribution < -0.4 is 0 Å². The first kappa shape index (κ1) is 18.1. The second kappa shape index (κ2) is 8.11. The van der Waals surface area contributed by atoms with E-state index in [9.17, 15) is 9.18 Å². The van der Waals surface area contributed by atoms with E-state index in [2.05, 4.69) is 25.1 Å². The summed E-state index contributed by atoms with van der Waals surface area (Å²) >= 11 is 7.24. The van der Waals surface area contributed by atoms with Gasteiger partial charge in [0.25, 0.3) is 0 Å². The lowest BCUT2D eigenvalue weighted by Gasteiger charge is -2.02. The van der Waals surface area contributed by atoms with Crippen LogP contribution in [0, 0.1) is 5.82 Å². The van der Waals surface area contributed by atoms with Crippen molar-refractivity contribution in [2.45, 2.75) is 11.0 Å². The summed E-state index contributed by atoms with van der Waals surface area (Å²) in [5.41, 5.74) is 0.385. The number of ether oxygens (including phenoxy) is 1. The minimum atomic E-state index is -0.511. The highest BCUT2D eigenvalue weighted by Gasteiger charge is 2.11. The minimum absolute atomic E-state index is 0.175. The number of thioether (sulfide) groups is 1. The van der Waals surface area contributed by atoms with Crippen LogP contribution in [0.4, 0.5) is 4.39 Å². The zero-order chi connectivity index (χ0) is 18.5. The van der Waals surface area contributed by atoms with Gasteiger partial charge in [0, 0.05) is 11.8 Å². The molecule has 0 amide bonds. The molecule has 2 heterocycles. The average Bonchev–Trinajstić information content (AvgIpc) is 3.28. The molecule has 0 unspecified atom stereocenters. The van der Waals surface area contributed by atoms with E-state index in [0.29, 0.717) is 11.0 Å². The van der Waals surface area contributed by atoms with Crippen LogP contribution in [0.15, 0.2) is 47.0 Å². The Labute approximate surface area is 156 Å². The maximum atomic E-state index is 13.8. The minimum Gasteiger partial charge on any atom is -0.464 e. The monoisotopic (exact) mass is 394 g/mol. The van der Waals surface area contributed by atoms with Crippen molar-refractivity contribution >= 4 is 35.5 Å². The van der Waals surface area contributed by atoms with Crippen LogP contribution in [0.2, 0.25) is 5.02 Å². The quantitative estimate of drug-likeness (QED) is 0.363. The fourth-order valence-electron chi connectivity index (χ4n) is 1.92. The fourth-order valence-corrected chi connectivity index (χ4v) is 2.85. The molecule has 1 aromatic carbocycles. The van der Waals surface area contributed by atoms with Gasteiger partial charge >= 0.3 is 5.97 Å². The summed E-state index contributed by atoms with van der Waals surface area (Å²) in [5.74, 6) is -0.621. The molecule has 3 rings (SSSR count). The van der Waals surface area contributed by atoms with E-state index in [4.69, 9.17) is 11.6 Å². The Kier molecular flexibility index (Phi) is 5.64. The lowest BCUT2D eigenvalue weighted by atomic mass is 10.2. The summed E-state index contributed by atoms with van der Waals surface area (Å²) in [6, 6.07) is 5.94. The number of rotatable bonds is 6. The summed E-state index contributed by atoms with van der Waals surface area (Å²) in [6.45, 7) is 0. The summed E-state index contributed by atoms with van der Waals surface area (Å²) in [7, 11) is 1.29. The number of hydrogen-bond donors (Lipinski definition) is 0. The molecule has 0 aliphatic rings. The normalized spacial score (nSPS) is 11.2. The highest BCUT2D eigenvalue weighted by Crippen LogP contribution is 2.19. The van der Waals surface area contributed by atoms with E-state index >= 15 is 0 Å². The Hall–Kier alpha value is -2.72. The second-order valence-electron chi connectivity index (χ2n) is 4.84. The van der Waals surface area contributed by atoms with Crippen LogP contribution in [-0.2, 0) is 10.6 Å². The van der Waals surface area contributed by atoms with E-state index in [1.165, 1.54) is 48.2 Å². The molecule has 134 valence electrons. The first-order chi connectivity index (χ1) is 12.6. The van der Waals surface area contributed by atoms with E-state index in [-0.39, 0.29) is 16.3 Å². The van der Waals surface area contributed by atoms with Crippen LogP contribution in [0.5, 0.6) is 0 Å². The van der Waals surface area contributed by atoms with Crippen LogP contribution in [-0.4, -0.2) is 43.9 Å². The molecule has 11 heteroatoms. The molecule has 0 fully saturated rings. The molecule has 8 nitrogen and oxygen atoms in total. The standard InChI is InChI=1S/C15H12ClFN6O2S/c1-25-14(24)13-5-6-22(21-13)9-26-15-20-18-8-23(15)19-7-10-11(16)3-2-4-12(10)17/h2-8H,9H2,1H3/b19-7-. The molecule has 2 aromatic heterocycles. The fraction of sp³-hybridized carbons (Fsp3) is 0.133. The zero-order valence-electron chi connectivity index (χ0n) is 13.4. The molecule has 0 atom stereocenters. The van der Waals surface area contributed by atoms with Crippen molar-refractivity contribution < 1.29 is 13.9 Å². The van der Waals surface area contributed by atoms with Gasteiger partial charge < -0.3 is 4.74 Å². The lowest BCUT2D eigenvalue weighted by molar-refractivity contribution is 0.0593. The number of aromatic nitrogens is 5. The van der Waals surface area contributed by atoms with Crippen molar-refractivity contribution in [2.24, 2.45) is 5.10 Å². The van der Waals surface area contributed by atoms with Crippen molar-refractivity contribution in [3.8, 4) is 0 Å². The van der Waals surface area contributed by atoms with Crippen molar-refractivity contribution in [2.75, 3.05) is 7.11 Å². The predicted octanol–water partition coefficient (Wildman–Crippen LogP) is 2.69. The molecule has 0 aliphatic carbocycles. The zero-order valence-corrected chi connectivity index (χ0v) is 15.0. The number of carbonyl (C=O) groups is 1. The molecule has 0 aliphatic heterocycles. The summed E-state index contributed by atoms with van der Waals surface area (Å²) in [6.07, 6.45) is 4.33. The number of nitrogens with zero attached hydrogens (tertiary/aromatic N) is 6. The third-order valence-electron chi connectivity index (χ3n) is 3.17. The van der Waals surface area contributed by atoms with E-state index in [1.807, 2.05) is 0 Å². The average molecular weight is 395 g/mol. The van der Waals surface area contributed by atoms with Gasteiger partial charge in [-0.25, -0.2) is 9.18 Å². The van der Waals surface area contributed by atoms with E-state index in [0.717, 1.165) is 0 Å². The number of carbonyl (C=O) groups excluding carboxylic acids is 1. The molecular weight excluding hydrogens is 383 g/mol. The molecular formula is C15H12ClFN6O2S. The summed E-state index contributed by atoms with van der Waals surface area (Å²) in [4.78, 5) is 11.4. The summed E-state index contributed by atoms with van der Waals surface area (Å²) < 4.78 is 21.3. The highest BCUT2D eigenvalue weighted by atomic mass is 35.5. The largest absolute Gasteiger partial charge is 0.464 e. The Balaban J connectivity index is 1.70. The molecule has 3 aromatic rings. The molecule has 0 radical (unpaired) electrons. The van der Waals surface area contributed by atoms with Gasteiger partial charge in [0.15, 0.2) is 5.69 Å². The van der Waals surface area contributed by atoms with Crippen molar-refractivity contribution in [3.05, 3.63) is 58.9 Å². The van der Waals surface area contributed by atoms with Gasteiger partial charge in [-0.1, -0.05) is 29.4 Å². The highest BCUT2D eigenvalue weighted by molar-refractivity contribution is 7.98. The van der Waals surface area contributed by atoms with E-state index < -0.39 is 11.8 Å². The Morgan fingerprint density at radius 3 is 3.08 bits per heavy atom. The van der Waals surface area contributed by atoms with Crippen LogP contribution in [0.3, 0.4) is 0 Å². The van der Waals surface area contributed by atoms with Gasteiger partial charge in [0.1, 0.15) is 12.1 Å². The van der Waals surface area contributed by atoms with Gasteiger partial charge in [0.05, 0.1) is 24.2 Å². The molecule has 0 saturated heterocycles. The molecule has 0 bridgehead atoms. The SMILES string of the molecule is COC(=O)c1ccn(CSc2nncn2/N=C\c2c(F)cccc2Cl)n1. The topological polar surface area (TPSA) is 87.2 Å². The summed E-state index contributed by atoms with van der Waals surface area (Å²) in [5, 5.41) is 16.7. The molecule has 26 heavy (non-hydrogen) atoms. The second-order valence-corrected chi connectivity index (χ2v) is 6.16. The van der Waals surface area contributed by atoms with Crippen molar-refractivity contribution in [1.82, 2.24) is 24.7 Å². The maximum absolute atomic E-state index is 13.8. The predicted molar refractivity (Wildman–Crippen MR) is 93.8 cm³/mol. The Morgan fingerprint density at radius 2 is 2.31 bits per heavy atom. The van der Waals surface area contributed by atoms with Crippen LogP contribution >= 0.6 is 23.4 Å². The first-order valence-electron chi connectivity index (χ1n) is 7.21. The van der Waals surface area contributed by atoms with Gasteiger partial charge in [-0.3, -0.25) is 4.68 Å². The first-order valence-corrected chi connectivity index (χ1v) is 8.58. The van der Waals surface area contributed by atoms with Gasteiger partial charge in [-0.15, -0.1) is 10.2 Å². The third kappa shape index (κ3) is 4.09. The van der Waals surface area contributed by atoms with Gasteiger partial charge in [0.2, 0.25) is 5.16 Å². The smallest absolute Gasteiger partial charge is 0.358 e. The number of esters is 1. The molecule has 0 N–H and O–H groups in total.